The summed E-state index contributed by atoms with van der Waals surface area (Å²) >= 11 is 0. The van der Waals surface area contributed by atoms with E-state index in [4.69, 9.17) is 19.9 Å². The number of nitrogens with two attached hydrogens (primary N) is 1. The lowest BCUT2D eigenvalue weighted by molar-refractivity contribution is -0.156. The van der Waals surface area contributed by atoms with Crippen molar-refractivity contribution in [2.24, 2.45) is 0 Å². The van der Waals surface area contributed by atoms with Crippen LogP contribution in [0.25, 0.3) is 0 Å². The topological polar surface area (TPSA) is 176 Å². The van der Waals surface area contributed by atoms with Gasteiger partial charge in [-0.15, -0.1) is 0 Å². The minimum Gasteiger partial charge on any atom is -0.460 e. The van der Waals surface area contributed by atoms with Crippen molar-refractivity contribution in [1.82, 2.24) is 10.3 Å². The highest BCUT2D eigenvalue weighted by atomic mass is 16.6. The fourth-order valence-electron chi connectivity index (χ4n) is 4.26. The van der Waals surface area contributed by atoms with Crippen molar-refractivity contribution < 1.29 is 38.2 Å². The lowest BCUT2D eigenvalue weighted by atomic mass is 9.83. The van der Waals surface area contributed by atoms with Crippen LogP contribution in [0.3, 0.4) is 0 Å². The quantitative estimate of drug-likeness (QED) is 0.179. The summed E-state index contributed by atoms with van der Waals surface area (Å²) in [5.41, 5.74) is 2.39. The first-order valence-corrected chi connectivity index (χ1v) is 15.1. The van der Waals surface area contributed by atoms with Crippen LogP contribution in [-0.2, 0) is 38.2 Å². The maximum Gasteiger partial charge on any atom is 0.306 e. The van der Waals surface area contributed by atoms with E-state index in [0.29, 0.717) is 5.82 Å². The second-order valence-electron chi connectivity index (χ2n) is 13.9. The van der Waals surface area contributed by atoms with Gasteiger partial charge in [0, 0.05) is 37.6 Å². The predicted octanol–water partition coefficient (Wildman–Crippen LogP) is 4.99. The van der Waals surface area contributed by atoms with Gasteiger partial charge < -0.3 is 30.6 Å². The molecular weight excluding hydrogens is 568 g/mol. The minimum atomic E-state index is -1.13. The van der Waals surface area contributed by atoms with Crippen molar-refractivity contribution in [3.8, 4) is 0 Å². The molecular formula is C32H52N4O8. The molecule has 0 aliphatic rings. The second kappa shape index (κ2) is 16.4. The Bertz CT molecular complexity index is 1070. The molecule has 1 aromatic heterocycles. The van der Waals surface area contributed by atoms with Crippen LogP contribution in [0.1, 0.15) is 120 Å². The zero-order valence-corrected chi connectivity index (χ0v) is 27.9. The molecule has 0 radical (unpaired) electrons. The standard InChI is InChI=1S/C32H52N4O8/c1-29(2,3)42-26(39)16-19-32(20-17-27(40)43-30(4,5)6,21-18-28(41)44-31(7,8)9)36-25(38)15-11-14-24(37)35-23-13-10-12-22(33)34-23/h10,12-13H,11,14-21H2,1-9H3,(H,36,38)(H3,33,34,35,37). The summed E-state index contributed by atoms with van der Waals surface area (Å²) in [5.74, 6) is -1.57. The van der Waals surface area contributed by atoms with Gasteiger partial charge in [0.1, 0.15) is 28.4 Å². The van der Waals surface area contributed by atoms with E-state index in [1.165, 1.54) is 0 Å². The maximum atomic E-state index is 13.2. The number of hydrogen-bond donors (Lipinski definition) is 3. The summed E-state index contributed by atoms with van der Waals surface area (Å²) in [5, 5.41) is 5.64. The highest BCUT2D eigenvalue weighted by molar-refractivity contribution is 5.90. The van der Waals surface area contributed by atoms with Crippen LogP contribution in [0.5, 0.6) is 0 Å². The molecule has 0 atom stereocenters. The van der Waals surface area contributed by atoms with Crippen LogP contribution in [-0.4, -0.2) is 57.0 Å². The number of nitrogens with one attached hydrogen (secondary N) is 2. The smallest absolute Gasteiger partial charge is 0.306 e. The number of hydrogen-bond acceptors (Lipinski definition) is 10. The number of nitrogen functional groups attached to an aromatic ring is 1. The maximum absolute atomic E-state index is 13.2. The molecule has 0 saturated carbocycles. The van der Waals surface area contributed by atoms with Crippen molar-refractivity contribution in [3.05, 3.63) is 18.2 Å². The van der Waals surface area contributed by atoms with Crippen molar-refractivity contribution >= 4 is 41.4 Å². The number of pyridine rings is 1. The molecule has 0 bridgehead atoms. The summed E-state index contributed by atoms with van der Waals surface area (Å²) in [6.45, 7) is 15.8. The number of aromatic nitrogens is 1. The SMILES string of the molecule is CC(C)(C)OC(=O)CCC(CCC(=O)OC(C)(C)C)(CCC(=O)OC(C)(C)C)NC(=O)CCCC(=O)Nc1cccc(N)n1. The Labute approximate surface area is 261 Å². The number of amides is 2. The number of ether oxygens (including phenoxy) is 3. The first kappa shape index (κ1) is 38.3. The van der Waals surface area contributed by atoms with Crippen LogP contribution in [0.4, 0.5) is 11.6 Å². The highest BCUT2D eigenvalue weighted by Crippen LogP contribution is 2.29. The van der Waals surface area contributed by atoms with Gasteiger partial charge in [0.15, 0.2) is 0 Å². The Kier molecular flexibility index (Phi) is 14.3. The number of esters is 3. The number of nitrogens with zero attached hydrogens (tertiary/aromatic N) is 1. The lowest BCUT2D eigenvalue weighted by Crippen LogP contribution is -2.50. The summed E-state index contributed by atoms with van der Waals surface area (Å²) in [4.78, 5) is 67.7. The van der Waals surface area contributed by atoms with Gasteiger partial charge in [-0.1, -0.05) is 6.07 Å². The van der Waals surface area contributed by atoms with Gasteiger partial charge in [0.2, 0.25) is 11.8 Å². The average Bonchev–Trinajstić information content (AvgIpc) is 2.82. The Balaban J connectivity index is 3.10. The molecule has 1 heterocycles. The second-order valence-corrected chi connectivity index (χ2v) is 13.9. The fourth-order valence-corrected chi connectivity index (χ4v) is 4.26. The van der Waals surface area contributed by atoms with Gasteiger partial charge in [-0.2, -0.15) is 0 Å². The van der Waals surface area contributed by atoms with Gasteiger partial charge in [-0.25, -0.2) is 4.98 Å². The van der Waals surface area contributed by atoms with Gasteiger partial charge in [-0.05, 0) is 100 Å². The third-order valence-electron chi connectivity index (χ3n) is 5.93. The third-order valence-corrected chi connectivity index (χ3v) is 5.93. The molecule has 1 aromatic rings. The van der Waals surface area contributed by atoms with E-state index in [1.807, 2.05) is 0 Å². The molecule has 44 heavy (non-hydrogen) atoms. The van der Waals surface area contributed by atoms with Gasteiger partial charge in [-0.3, -0.25) is 24.0 Å². The summed E-state index contributed by atoms with van der Waals surface area (Å²) in [6, 6.07) is 4.87. The summed E-state index contributed by atoms with van der Waals surface area (Å²) in [6.07, 6.45) is 0.416. The van der Waals surface area contributed by atoms with Crippen molar-refractivity contribution in [2.45, 2.75) is 142 Å². The van der Waals surface area contributed by atoms with Crippen LogP contribution in [0.2, 0.25) is 0 Å². The lowest BCUT2D eigenvalue weighted by Gasteiger charge is -2.36. The van der Waals surface area contributed by atoms with Crippen LogP contribution >= 0.6 is 0 Å². The zero-order valence-electron chi connectivity index (χ0n) is 27.9. The molecule has 0 fully saturated rings. The monoisotopic (exact) mass is 620 g/mol. The first-order valence-electron chi connectivity index (χ1n) is 15.1. The highest BCUT2D eigenvalue weighted by Gasteiger charge is 2.35. The molecule has 0 spiro atoms. The molecule has 0 unspecified atom stereocenters. The molecule has 1 rings (SSSR count). The Morgan fingerprint density at radius 2 is 1.07 bits per heavy atom. The molecule has 248 valence electrons. The van der Waals surface area contributed by atoms with E-state index in [2.05, 4.69) is 15.6 Å². The predicted molar refractivity (Wildman–Crippen MR) is 167 cm³/mol. The van der Waals surface area contributed by atoms with E-state index < -0.39 is 46.2 Å². The van der Waals surface area contributed by atoms with E-state index in [1.54, 1.807) is 80.5 Å². The first-order chi connectivity index (χ1) is 20.1. The van der Waals surface area contributed by atoms with Crippen LogP contribution in [0, 0.1) is 0 Å². The minimum absolute atomic E-state index is 0.00909. The molecule has 2 amide bonds. The van der Waals surface area contributed by atoms with Crippen LogP contribution in [0.15, 0.2) is 18.2 Å². The molecule has 4 N–H and O–H groups in total. The van der Waals surface area contributed by atoms with E-state index in [9.17, 15) is 24.0 Å². The molecule has 0 saturated heterocycles. The Hall–Kier alpha value is -3.70. The van der Waals surface area contributed by atoms with Gasteiger partial charge in [0.25, 0.3) is 0 Å². The Morgan fingerprint density at radius 1 is 0.659 bits per heavy atom. The molecule has 12 heteroatoms. The summed E-state index contributed by atoms with van der Waals surface area (Å²) in [7, 11) is 0. The molecule has 0 aromatic carbocycles. The largest absolute Gasteiger partial charge is 0.460 e. The van der Waals surface area contributed by atoms with Gasteiger partial charge >= 0.3 is 17.9 Å². The number of anilines is 2. The molecule has 12 nitrogen and oxygen atoms in total. The number of rotatable bonds is 15. The van der Waals surface area contributed by atoms with E-state index >= 15 is 0 Å². The van der Waals surface area contributed by atoms with Crippen LogP contribution < -0.4 is 16.4 Å². The number of carbonyl (C=O) groups is 5. The fraction of sp³-hybridized carbons (Fsp3) is 0.688. The average molecular weight is 621 g/mol. The van der Waals surface area contributed by atoms with Gasteiger partial charge in [0.05, 0.1) is 0 Å². The Morgan fingerprint density at radius 3 is 1.45 bits per heavy atom. The molecule has 0 aliphatic heterocycles. The van der Waals surface area contributed by atoms with E-state index in [-0.39, 0.29) is 69.5 Å². The van der Waals surface area contributed by atoms with Crippen molar-refractivity contribution in [3.63, 3.8) is 0 Å². The number of carbonyl (C=O) groups excluding carboxylic acids is 5. The van der Waals surface area contributed by atoms with E-state index in [0.717, 1.165) is 0 Å². The molecule has 0 aliphatic carbocycles. The summed E-state index contributed by atoms with van der Waals surface area (Å²) < 4.78 is 16.4. The van der Waals surface area contributed by atoms with Crippen molar-refractivity contribution in [2.75, 3.05) is 11.1 Å². The zero-order chi connectivity index (χ0) is 33.8. The van der Waals surface area contributed by atoms with Crippen molar-refractivity contribution in [1.29, 1.82) is 0 Å². The third kappa shape index (κ3) is 18.1. The normalized spacial score (nSPS) is 12.2.